The van der Waals surface area contributed by atoms with Crippen LogP contribution in [0.3, 0.4) is 0 Å². The Balaban J connectivity index is -0.0000000233. The van der Waals surface area contributed by atoms with Gasteiger partial charge in [0.2, 0.25) is 0 Å². The molecule has 0 aliphatic carbocycles. The molecule has 0 aromatic carbocycles. The SMILES string of the molecule is CCO.ClC(Cl)Cl.N.O. The number of rotatable bonds is 0. The van der Waals surface area contributed by atoms with Crippen LogP contribution in [0.1, 0.15) is 6.92 Å². The quantitative estimate of drug-likeness (QED) is 0.578. The van der Waals surface area contributed by atoms with Crippen molar-refractivity contribution >= 4 is 34.8 Å². The molecular weight excluding hydrogens is 188 g/mol. The van der Waals surface area contributed by atoms with E-state index in [9.17, 15) is 0 Å². The molecule has 0 spiro atoms. The summed E-state index contributed by atoms with van der Waals surface area (Å²) < 4.78 is -0.750. The van der Waals surface area contributed by atoms with E-state index in [1.165, 1.54) is 0 Å². The Labute approximate surface area is 69.8 Å². The van der Waals surface area contributed by atoms with Crippen LogP contribution in [-0.2, 0) is 0 Å². The van der Waals surface area contributed by atoms with Gasteiger partial charge in [0.15, 0.2) is 4.30 Å². The maximum Gasteiger partial charge on any atom is 0.180 e. The second kappa shape index (κ2) is 23.3. The summed E-state index contributed by atoms with van der Waals surface area (Å²) in [6.45, 7) is 1.93. The van der Waals surface area contributed by atoms with E-state index in [1.807, 2.05) is 0 Å². The van der Waals surface area contributed by atoms with E-state index in [2.05, 4.69) is 0 Å². The van der Waals surface area contributed by atoms with Gasteiger partial charge in [-0.05, 0) is 6.92 Å². The molecule has 0 heterocycles. The van der Waals surface area contributed by atoms with E-state index in [1.54, 1.807) is 6.92 Å². The van der Waals surface area contributed by atoms with Crippen LogP contribution in [0.25, 0.3) is 0 Å². The zero-order valence-electron chi connectivity index (χ0n) is 5.07. The van der Waals surface area contributed by atoms with Gasteiger partial charge in [0, 0.05) is 6.61 Å². The maximum absolute atomic E-state index is 7.57. The first-order valence-electron chi connectivity index (χ1n) is 1.68. The van der Waals surface area contributed by atoms with Crippen LogP contribution in [0.2, 0.25) is 0 Å². The molecule has 0 saturated carbocycles. The highest BCUT2D eigenvalue weighted by Gasteiger charge is 1.78. The monoisotopic (exact) mass is 199 g/mol. The van der Waals surface area contributed by atoms with Gasteiger partial charge in [0.05, 0.1) is 0 Å². The third-order valence-corrected chi connectivity index (χ3v) is 0. The molecule has 0 atom stereocenters. The smallest absolute Gasteiger partial charge is 0.180 e. The van der Waals surface area contributed by atoms with Gasteiger partial charge < -0.3 is 16.7 Å². The number of alkyl halides is 3. The summed E-state index contributed by atoms with van der Waals surface area (Å²) in [7, 11) is 0. The van der Waals surface area contributed by atoms with E-state index in [0.717, 1.165) is 0 Å². The number of halogens is 3. The van der Waals surface area contributed by atoms with Crippen molar-refractivity contribution in [1.82, 2.24) is 6.15 Å². The minimum absolute atomic E-state index is 0. The summed E-state index contributed by atoms with van der Waals surface area (Å²) in [4.78, 5) is 0. The van der Waals surface area contributed by atoms with Crippen LogP contribution in [-0.4, -0.2) is 21.5 Å². The molecule has 0 aromatic heterocycles. The zero-order valence-corrected chi connectivity index (χ0v) is 7.34. The molecular formula is C3H12Cl3NO2. The van der Waals surface area contributed by atoms with Crippen LogP contribution in [0.4, 0.5) is 0 Å². The van der Waals surface area contributed by atoms with E-state index in [-0.39, 0.29) is 18.2 Å². The van der Waals surface area contributed by atoms with Gasteiger partial charge in [0.1, 0.15) is 0 Å². The molecule has 6 N–H and O–H groups in total. The first-order valence-corrected chi connectivity index (χ1v) is 2.99. The Morgan fingerprint density at radius 2 is 1.33 bits per heavy atom. The summed E-state index contributed by atoms with van der Waals surface area (Å²) in [5, 5.41) is 7.57. The lowest BCUT2D eigenvalue weighted by molar-refractivity contribution is 0.318. The van der Waals surface area contributed by atoms with E-state index < -0.39 is 4.30 Å². The standard InChI is InChI=1S/C2H6O.CHCl3.H3N.H2O/c1-2-3;2-1(3)4;;/h3H,2H2,1H3;1H;1H3;1H2. The fourth-order valence-corrected chi connectivity index (χ4v) is 0. The van der Waals surface area contributed by atoms with Crippen molar-refractivity contribution in [2.45, 2.75) is 11.2 Å². The number of aliphatic hydroxyl groups is 1. The molecule has 0 radical (unpaired) electrons. The Morgan fingerprint density at radius 3 is 1.33 bits per heavy atom. The van der Waals surface area contributed by atoms with Gasteiger partial charge in [-0.3, -0.25) is 0 Å². The molecule has 6 heteroatoms. The van der Waals surface area contributed by atoms with Crippen molar-refractivity contribution < 1.29 is 10.6 Å². The highest BCUT2D eigenvalue weighted by atomic mass is 35.6. The van der Waals surface area contributed by atoms with E-state index in [4.69, 9.17) is 39.9 Å². The molecule has 0 saturated heterocycles. The lowest BCUT2D eigenvalue weighted by Gasteiger charge is -1.69. The van der Waals surface area contributed by atoms with Crippen molar-refractivity contribution in [1.29, 1.82) is 0 Å². The number of hydrogen-bond acceptors (Lipinski definition) is 2. The van der Waals surface area contributed by atoms with Crippen molar-refractivity contribution in [3.05, 3.63) is 0 Å². The molecule has 62 valence electrons. The Morgan fingerprint density at radius 1 is 1.33 bits per heavy atom. The largest absolute Gasteiger partial charge is 0.412 e. The Kier molecular flexibility index (Phi) is 58.4. The summed E-state index contributed by atoms with van der Waals surface area (Å²) in [5.74, 6) is 0. The lowest BCUT2D eigenvalue weighted by Crippen LogP contribution is -1.57. The van der Waals surface area contributed by atoms with Gasteiger partial charge in [-0.25, -0.2) is 0 Å². The molecule has 9 heavy (non-hydrogen) atoms. The van der Waals surface area contributed by atoms with Crippen LogP contribution in [0, 0.1) is 0 Å². The molecule has 3 nitrogen and oxygen atoms in total. The third kappa shape index (κ3) is 709. The van der Waals surface area contributed by atoms with Crippen molar-refractivity contribution in [2.75, 3.05) is 6.61 Å². The summed E-state index contributed by atoms with van der Waals surface area (Å²) in [6.07, 6.45) is 0. The maximum atomic E-state index is 7.57. The van der Waals surface area contributed by atoms with Crippen LogP contribution in [0.15, 0.2) is 0 Å². The zero-order chi connectivity index (χ0) is 6.28. The molecule has 0 unspecified atom stereocenters. The number of aliphatic hydroxyl groups excluding tert-OH is 1. The Hall–Kier alpha value is 0.750. The predicted octanol–water partition coefficient (Wildman–Crippen LogP) is 1.32. The van der Waals surface area contributed by atoms with Gasteiger partial charge in [-0.15, -0.1) is 0 Å². The molecule has 0 aliphatic rings. The Bertz CT molecular complexity index is 28.3. The predicted molar refractivity (Wildman–Crippen MR) is 42.7 cm³/mol. The van der Waals surface area contributed by atoms with Crippen LogP contribution in [0.5, 0.6) is 0 Å². The minimum atomic E-state index is -0.750. The molecule has 0 fully saturated rings. The first kappa shape index (κ1) is 22.6. The normalized spacial score (nSPS) is 6.00. The second-order valence-corrected chi connectivity index (χ2v) is 2.54. The third-order valence-electron chi connectivity index (χ3n) is 0. The molecule has 0 aliphatic heterocycles. The average molecular weight is 200 g/mol. The topological polar surface area (TPSA) is 86.7 Å². The highest BCUT2D eigenvalue weighted by Crippen LogP contribution is 2.03. The fraction of sp³-hybridized carbons (Fsp3) is 1.00. The van der Waals surface area contributed by atoms with Gasteiger partial charge in [-0.2, -0.15) is 0 Å². The first-order chi connectivity index (χ1) is 3.15. The second-order valence-electron chi connectivity index (χ2n) is 0.564. The van der Waals surface area contributed by atoms with Gasteiger partial charge in [0.25, 0.3) is 0 Å². The summed E-state index contributed by atoms with van der Waals surface area (Å²) >= 11 is 14.4. The van der Waals surface area contributed by atoms with Crippen LogP contribution >= 0.6 is 34.8 Å². The van der Waals surface area contributed by atoms with Gasteiger partial charge in [-0.1, -0.05) is 34.8 Å². The van der Waals surface area contributed by atoms with Crippen molar-refractivity contribution in [3.8, 4) is 0 Å². The van der Waals surface area contributed by atoms with Crippen molar-refractivity contribution in [2.24, 2.45) is 0 Å². The molecule has 0 aromatic rings. The van der Waals surface area contributed by atoms with Crippen LogP contribution < -0.4 is 6.15 Å². The summed E-state index contributed by atoms with van der Waals surface area (Å²) in [6, 6.07) is 0. The number of hydrogen-bond donors (Lipinski definition) is 2. The molecule has 0 amide bonds. The molecule has 0 rings (SSSR count). The fourth-order valence-electron chi connectivity index (χ4n) is 0. The minimum Gasteiger partial charge on any atom is -0.412 e. The lowest BCUT2D eigenvalue weighted by atomic mass is 10.9. The highest BCUT2D eigenvalue weighted by molar-refractivity contribution is 6.63. The average Bonchev–Trinajstić information content (AvgIpc) is 1.33. The summed E-state index contributed by atoms with van der Waals surface area (Å²) in [5.41, 5.74) is 0. The van der Waals surface area contributed by atoms with Gasteiger partial charge >= 0.3 is 0 Å². The van der Waals surface area contributed by atoms with E-state index >= 15 is 0 Å². The molecule has 0 bridgehead atoms. The van der Waals surface area contributed by atoms with E-state index in [0.29, 0.717) is 0 Å². The van der Waals surface area contributed by atoms with Crippen molar-refractivity contribution in [3.63, 3.8) is 0 Å².